The Kier molecular flexibility index (Phi) is 4.54. The van der Waals surface area contributed by atoms with Gasteiger partial charge in [0.2, 0.25) is 10.0 Å². The number of nitrogens with two attached hydrogens (primary N) is 1. The van der Waals surface area contributed by atoms with E-state index in [1.807, 2.05) is 6.92 Å². The molecule has 1 aromatic carbocycles. The van der Waals surface area contributed by atoms with E-state index < -0.39 is 10.0 Å². The van der Waals surface area contributed by atoms with Gasteiger partial charge in [-0.05, 0) is 37.8 Å². The second-order valence-corrected chi connectivity index (χ2v) is 8.05. The largest absolute Gasteiger partial charge is 0.399 e. The summed E-state index contributed by atoms with van der Waals surface area (Å²) in [5.41, 5.74) is 5.96. The third kappa shape index (κ3) is 2.91. The molecular weight excluding hydrogens is 319 g/mol. The number of rotatable bonds is 2. The molecule has 1 heterocycles. The van der Waals surface area contributed by atoms with Gasteiger partial charge in [-0.1, -0.05) is 30.1 Å². The Morgan fingerprint density at radius 2 is 1.80 bits per heavy atom. The van der Waals surface area contributed by atoms with Gasteiger partial charge in [-0.25, -0.2) is 8.42 Å². The number of benzene rings is 1. The standard InChI is InChI=1S/C13H18Cl2N2O2S/c1-8-3-4-17(9(2)5-8)20(18,19)13-11(14)6-10(16)7-12(13)15/h6-9H,3-5,16H2,1-2H3. The average Bonchev–Trinajstić information content (AvgIpc) is 2.25. The zero-order valence-corrected chi connectivity index (χ0v) is 13.8. The summed E-state index contributed by atoms with van der Waals surface area (Å²) in [5.74, 6) is 0.522. The van der Waals surface area contributed by atoms with Crippen LogP contribution in [-0.2, 0) is 10.0 Å². The fraction of sp³-hybridized carbons (Fsp3) is 0.538. The van der Waals surface area contributed by atoms with Gasteiger partial charge < -0.3 is 5.73 Å². The van der Waals surface area contributed by atoms with Crippen LogP contribution >= 0.6 is 23.2 Å². The second kappa shape index (κ2) is 5.72. The van der Waals surface area contributed by atoms with Gasteiger partial charge in [-0.3, -0.25) is 0 Å². The molecule has 2 rings (SSSR count). The molecule has 20 heavy (non-hydrogen) atoms. The van der Waals surface area contributed by atoms with Gasteiger partial charge in [0, 0.05) is 18.3 Å². The van der Waals surface area contributed by atoms with Crippen LogP contribution in [0.5, 0.6) is 0 Å². The smallest absolute Gasteiger partial charge is 0.246 e. The number of halogens is 2. The zero-order valence-electron chi connectivity index (χ0n) is 11.4. The van der Waals surface area contributed by atoms with Crippen LogP contribution in [0.2, 0.25) is 10.0 Å². The molecule has 0 radical (unpaired) electrons. The summed E-state index contributed by atoms with van der Waals surface area (Å²) in [6.45, 7) is 4.53. The van der Waals surface area contributed by atoms with Gasteiger partial charge in [-0.2, -0.15) is 4.31 Å². The molecule has 0 saturated carbocycles. The van der Waals surface area contributed by atoms with Crippen molar-refractivity contribution in [2.45, 2.75) is 37.6 Å². The van der Waals surface area contributed by atoms with Crippen LogP contribution in [-0.4, -0.2) is 25.3 Å². The summed E-state index contributed by atoms with van der Waals surface area (Å²) in [5, 5.41) is 0.140. The van der Waals surface area contributed by atoms with Gasteiger partial charge in [-0.15, -0.1) is 0 Å². The SMILES string of the molecule is CC1CCN(S(=O)(=O)c2c(Cl)cc(N)cc2Cl)C(C)C1. The molecule has 0 bridgehead atoms. The van der Waals surface area contributed by atoms with Crippen molar-refractivity contribution in [3.05, 3.63) is 22.2 Å². The Hall–Kier alpha value is -0.490. The first kappa shape index (κ1) is 15.9. The zero-order chi connectivity index (χ0) is 15.1. The maximum atomic E-state index is 12.8. The molecule has 1 saturated heterocycles. The Balaban J connectivity index is 2.46. The maximum absolute atomic E-state index is 12.8. The van der Waals surface area contributed by atoms with E-state index in [0.29, 0.717) is 18.2 Å². The Morgan fingerprint density at radius 3 is 2.30 bits per heavy atom. The normalized spacial score (nSPS) is 24.8. The summed E-state index contributed by atoms with van der Waals surface area (Å²) in [7, 11) is -3.70. The number of sulfonamides is 1. The van der Waals surface area contributed by atoms with E-state index in [9.17, 15) is 8.42 Å². The number of piperidine rings is 1. The van der Waals surface area contributed by atoms with E-state index in [2.05, 4.69) is 6.92 Å². The molecule has 7 heteroatoms. The maximum Gasteiger partial charge on any atom is 0.246 e. The highest BCUT2D eigenvalue weighted by atomic mass is 35.5. The van der Waals surface area contributed by atoms with Crippen molar-refractivity contribution in [2.75, 3.05) is 12.3 Å². The Bertz CT molecular complexity index is 596. The minimum atomic E-state index is -3.70. The molecule has 1 fully saturated rings. The van der Waals surface area contributed by atoms with Gasteiger partial charge in [0.1, 0.15) is 4.90 Å². The minimum absolute atomic E-state index is 0.0450. The lowest BCUT2D eigenvalue weighted by molar-refractivity contribution is 0.220. The quantitative estimate of drug-likeness (QED) is 0.842. The van der Waals surface area contributed by atoms with Crippen LogP contribution in [0.1, 0.15) is 26.7 Å². The summed E-state index contributed by atoms with van der Waals surface area (Å²) < 4.78 is 27.0. The molecular formula is C13H18Cl2N2O2S. The van der Waals surface area contributed by atoms with Crippen LogP contribution in [0.15, 0.2) is 17.0 Å². The first-order valence-corrected chi connectivity index (χ1v) is 8.69. The lowest BCUT2D eigenvalue weighted by Crippen LogP contribution is -2.44. The lowest BCUT2D eigenvalue weighted by atomic mass is 9.95. The van der Waals surface area contributed by atoms with E-state index >= 15 is 0 Å². The van der Waals surface area contributed by atoms with Crippen molar-refractivity contribution >= 4 is 38.9 Å². The van der Waals surface area contributed by atoms with Crippen molar-refractivity contribution in [3.8, 4) is 0 Å². The van der Waals surface area contributed by atoms with E-state index in [4.69, 9.17) is 28.9 Å². The number of nitrogens with zero attached hydrogens (tertiary/aromatic N) is 1. The van der Waals surface area contributed by atoms with Crippen molar-refractivity contribution < 1.29 is 8.42 Å². The summed E-state index contributed by atoms with van der Waals surface area (Å²) in [4.78, 5) is -0.0450. The van der Waals surface area contributed by atoms with Crippen LogP contribution < -0.4 is 5.73 Å². The van der Waals surface area contributed by atoms with Gasteiger partial charge in [0.25, 0.3) is 0 Å². The highest BCUT2D eigenvalue weighted by molar-refractivity contribution is 7.89. The van der Waals surface area contributed by atoms with Crippen LogP contribution in [0.25, 0.3) is 0 Å². The molecule has 0 aromatic heterocycles. The van der Waals surface area contributed by atoms with Gasteiger partial charge >= 0.3 is 0 Å². The molecule has 1 aliphatic rings. The first-order chi connectivity index (χ1) is 9.23. The molecule has 1 aliphatic heterocycles. The van der Waals surface area contributed by atoms with Gasteiger partial charge in [0.05, 0.1) is 10.0 Å². The van der Waals surface area contributed by atoms with Crippen LogP contribution in [0, 0.1) is 5.92 Å². The summed E-state index contributed by atoms with van der Waals surface area (Å²) in [6.07, 6.45) is 1.68. The van der Waals surface area contributed by atoms with Gasteiger partial charge in [0.15, 0.2) is 0 Å². The van der Waals surface area contributed by atoms with E-state index in [1.165, 1.54) is 16.4 Å². The summed E-state index contributed by atoms with van der Waals surface area (Å²) >= 11 is 12.1. The van der Waals surface area contributed by atoms with E-state index in [0.717, 1.165) is 12.8 Å². The monoisotopic (exact) mass is 336 g/mol. The molecule has 2 N–H and O–H groups in total. The minimum Gasteiger partial charge on any atom is -0.399 e. The number of hydrogen-bond donors (Lipinski definition) is 1. The molecule has 0 amide bonds. The highest BCUT2D eigenvalue weighted by Gasteiger charge is 2.35. The predicted molar refractivity (Wildman–Crippen MR) is 82.6 cm³/mol. The third-order valence-electron chi connectivity index (χ3n) is 3.66. The topological polar surface area (TPSA) is 63.4 Å². The van der Waals surface area contributed by atoms with Crippen molar-refractivity contribution in [1.82, 2.24) is 4.31 Å². The first-order valence-electron chi connectivity index (χ1n) is 6.50. The van der Waals surface area contributed by atoms with Crippen LogP contribution in [0.3, 0.4) is 0 Å². The Labute approximate surface area is 129 Å². The highest BCUT2D eigenvalue weighted by Crippen LogP contribution is 2.36. The average molecular weight is 337 g/mol. The molecule has 1 aromatic rings. The van der Waals surface area contributed by atoms with Crippen molar-refractivity contribution in [1.29, 1.82) is 0 Å². The van der Waals surface area contributed by atoms with E-state index in [-0.39, 0.29) is 21.0 Å². The Morgan fingerprint density at radius 1 is 1.25 bits per heavy atom. The second-order valence-electron chi connectivity index (χ2n) is 5.41. The number of anilines is 1. The molecule has 2 unspecified atom stereocenters. The predicted octanol–water partition coefficient (Wildman–Crippen LogP) is 3.38. The molecule has 0 spiro atoms. The van der Waals surface area contributed by atoms with Crippen molar-refractivity contribution in [3.63, 3.8) is 0 Å². The molecule has 0 aliphatic carbocycles. The fourth-order valence-corrected chi connectivity index (χ4v) is 5.53. The van der Waals surface area contributed by atoms with Crippen LogP contribution in [0.4, 0.5) is 5.69 Å². The lowest BCUT2D eigenvalue weighted by Gasteiger charge is -2.35. The molecule has 2 atom stereocenters. The number of hydrogen-bond acceptors (Lipinski definition) is 3. The molecule has 4 nitrogen and oxygen atoms in total. The molecule has 112 valence electrons. The summed E-state index contributed by atoms with van der Waals surface area (Å²) in [6, 6.07) is 2.77. The fourth-order valence-electron chi connectivity index (χ4n) is 2.69. The third-order valence-corrected chi connectivity index (χ3v) is 6.60. The van der Waals surface area contributed by atoms with Crippen molar-refractivity contribution in [2.24, 2.45) is 5.92 Å². The van der Waals surface area contributed by atoms with E-state index in [1.54, 1.807) is 0 Å². The number of nitrogen functional groups attached to an aromatic ring is 1.